The maximum atomic E-state index is 2.66. The van der Waals surface area contributed by atoms with Crippen LogP contribution in [0.5, 0.6) is 0 Å². The molecule has 0 aliphatic rings. The smallest absolute Gasteiger partial charge is 0.00110 e. The van der Waals surface area contributed by atoms with Crippen LogP contribution in [-0.2, 0) is 25.7 Å². The molecule has 64 heavy (non-hydrogen) atoms. The molecule has 0 aromatic heterocycles. The fourth-order valence-electron chi connectivity index (χ4n) is 11.5. The summed E-state index contributed by atoms with van der Waals surface area (Å²) in [6, 6.07) is 25.7. The molecule has 6 rings (SSSR count). The van der Waals surface area contributed by atoms with Crippen molar-refractivity contribution in [3.8, 4) is 0 Å². The van der Waals surface area contributed by atoms with Crippen LogP contribution in [-0.4, -0.2) is 0 Å². The SMILES string of the molecule is CCCCCCCCCCc1ccc2c(c1)c1c(CCCCCCCCCC)ccc3c4ccc(CCCCCCCCCC)cc4c4c(CCCCCCCCCC)ccc2c4c31. The van der Waals surface area contributed by atoms with Gasteiger partial charge >= 0.3 is 0 Å². The predicted molar refractivity (Wildman–Crippen MR) is 290 cm³/mol. The second-order valence-electron chi connectivity index (χ2n) is 20.7. The van der Waals surface area contributed by atoms with Crippen molar-refractivity contribution in [2.24, 2.45) is 0 Å². The van der Waals surface area contributed by atoms with E-state index in [4.69, 9.17) is 0 Å². The first-order valence-electron chi connectivity index (χ1n) is 28.3. The first kappa shape index (κ1) is 50.3. The molecule has 0 fully saturated rings. The number of hydrogen-bond acceptors (Lipinski definition) is 0. The van der Waals surface area contributed by atoms with Gasteiger partial charge in [0.1, 0.15) is 0 Å². The van der Waals surface area contributed by atoms with E-state index in [1.165, 1.54) is 275 Å². The van der Waals surface area contributed by atoms with Crippen molar-refractivity contribution in [2.45, 2.75) is 259 Å². The number of fused-ring (bicyclic) bond motifs is 6. The summed E-state index contributed by atoms with van der Waals surface area (Å²) in [5.74, 6) is 0. The summed E-state index contributed by atoms with van der Waals surface area (Å²) in [6.07, 6.45) is 48.8. The molecule has 0 radical (unpaired) electrons. The third-order valence-corrected chi connectivity index (χ3v) is 15.4. The minimum Gasteiger partial charge on any atom is -0.0654 e. The summed E-state index contributed by atoms with van der Waals surface area (Å²) in [5.41, 5.74) is 6.26. The number of unbranched alkanes of at least 4 members (excludes halogenated alkanes) is 28. The molecule has 0 atom stereocenters. The topological polar surface area (TPSA) is 0 Å². The summed E-state index contributed by atoms with van der Waals surface area (Å²) >= 11 is 0. The number of rotatable bonds is 36. The minimum absolute atomic E-state index is 1.19. The van der Waals surface area contributed by atoms with E-state index in [0.29, 0.717) is 0 Å². The third-order valence-electron chi connectivity index (χ3n) is 15.4. The number of benzene rings is 6. The Bertz CT molecular complexity index is 2040. The second kappa shape index (κ2) is 28.8. The normalized spacial score (nSPS) is 12.1. The van der Waals surface area contributed by atoms with Gasteiger partial charge in [-0.3, -0.25) is 0 Å². The summed E-state index contributed by atoms with van der Waals surface area (Å²) < 4.78 is 0. The van der Waals surface area contributed by atoms with E-state index >= 15 is 0 Å². The molecule has 0 amide bonds. The van der Waals surface area contributed by atoms with Crippen molar-refractivity contribution >= 4 is 53.9 Å². The molecule has 6 aromatic carbocycles. The molecule has 0 heteroatoms. The largest absolute Gasteiger partial charge is 0.0654 e. The highest BCUT2D eigenvalue weighted by Gasteiger charge is 2.21. The molecule has 0 unspecified atom stereocenters. The van der Waals surface area contributed by atoms with Crippen LogP contribution in [0.15, 0.2) is 60.7 Å². The van der Waals surface area contributed by atoms with Crippen LogP contribution in [0.25, 0.3) is 53.9 Å². The van der Waals surface area contributed by atoms with Crippen molar-refractivity contribution in [3.63, 3.8) is 0 Å². The average Bonchev–Trinajstić information content (AvgIpc) is 3.32. The standard InChI is InChI=1S/C64H94/c1-5-9-13-17-21-25-29-33-37-51-41-45-55-57-47-44-54(40-36-32-28-24-20-16-12-8-4)62-60-50-52(38-34-30-26-22-18-14-10-6-2)42-46-56(60)58-48-43-53(39-35-31-27-23-19-15-11-7-3)61(59(55)49-51)63(58)64(57)62/h41-50H,5-40H2,1-4H3. The summed E-state index contributed by atoms with van der Waals surface area (Å²) in [6.45, 7) is 9.31. The van der Waals surface area contributed by atoms with Gasteiger partial charge in [-0.2, -0.15) is 0 Å². The molecule has 0 saturated heterocycles. The molecule has 0 saturated carbocycles. The second-order valence-corrected chi connectivity index (χ2v) is 20.7. The maximum Gasteiger partial charge on any atom is -0.00110 e. The lowest BCUT2D eigenvalue weighted by atomic mass is 9.81. The molecular weight excluding hydrogens is 769 g/mol. The molecule has 0 spiro atoms. The zero-order chi connectivity index (χ0) is 44.6. The number of hydrogen-bond donors (Lipinski definition) is 0. The van der Waals surface area contributed by atoms with Gasteiger partial charge in [-0.25, -0.2) is 0 Å². The van der Waals surface area contributed by atoms with E-state index in [-0.39, 0.29) is 0 Å². The van der Waals surface area contributed by atoms with Gasteiger partial charge in [-0.15, -0.1) is 0 Å². The number of aryl methyl sites for hydroxylation is 4. The van der Waals surface area contributed by atoms with E-state index in [1.807, 2.05) is 0 Å². The molecular formula is C64H94. The third kappa shape index (κ3) is 14.4. The summed E-state index contributed by atoms with van der Waals surface area (Å²) in [4.78, 5) is 0. The van der Waals surface area contributed by atoms with Crippen LogP contribution >= 0.6 is 0 Å². The lowest BCUT2D eigenvalue weighted by Gasteiger charge is -2.22. The van der Waals surface area contributed by atoms with Crippen LogP contribution in [0.2, 0.25) is 0 Å². The molecule has 0 bridgehead atoms. The van der Waals surface area contributed by atoms with E-state index in [0.717, 1.165) is 0 Å². The molecule has 0 aliphatic carbocycles. The van der Waals surface area contributed by atoms with Crippen molar-refractivity contribution in [1.82, 2.24) is 0 Å². The van der Waals surface area contributed by atoms with Crippen LogP contribution in [0.3, 0.4) is 0 Å². The van der Waals surface area contributed by atoms with Gasteiger partial charge in [-0.1, -0.05) is 268 Å². The summed E-state index contributed by atoms with van der Waals surface area (Å²) in [7, 11) is 0. The van der Waals surface area contributed by atoms with Crippen LogP contribution in [0.4, 0.5) is 0 Å². The molecule has 6 aromatic rings. The first-order valence-corrected chi connectivity index (χ1v) is 28.3. The molecule has 0 heterocycles. The zero-order valence-electron chi connectivity index (χ0n) is 42.2. The van der Waals surface area contributed by atoms with E-state index < -0.39 is 0 Å². The molecule has 0 nitrogen and oxygen atoms in total. The summed E-state index contributed by atoms with van der Waals surface area (Å²) in [5, 5.41) is 15.3. The van der Waals surface area contributed by atoms with Gasteiger partial charge in [0.15, 0.2) is 0 Å². The predicted octanol–water partition coefficient (Wildman–Crippen LogP) is 21.6. The van der Waals surface area contributed by atoms with Gasteiger partial charge in [-0.05, 0) is 127 Å². The van der Waals surface area contributed by atoms with Crippen molar-refractivity contribution < 1.29 is 0 Å². The Hall–Kier alpha value is -3.12. The van der Waals surface area contributed by atoms with Gasteiger partial charge < -0.3 is 0 Å². The highest BCUT2D eigenvalue weighted by atomic mass is 14.2. The first-order chi connectivity index (χ1) is 31.7. The Morgan fingerprint density at radius 1 is 0.219 bits per heavy atom. The van der Waals surface area contributed by atoms with Gasteiger partial charge in [0.05, 0.1) is 0 Å². The quantitative estimate of drug-likeness (QED) is 0.0210. The maximum absolute atomic E-state index is 2.66. The van der Waals surface area contributed by atoms with E-state index in [9.17, 15) is 0 Å². The molecule has 350 valence electrons. The van der Waals surface area contributed by atoms with Crippen LogP contribution in [0.1, 0.15) is 255 Å². The zero-order valence-corrected chi connectivity index (χ0v) is 42.2. The fourth-order valence-corrected chi connectivity index (χ4v) is 11.5. The van der Waals surface area contributed by atoms with E-state index in [1.54, 1.807) is 32.7 Å². The van der Waals surface area contributed by atoms with Crippen molar-refractivity contribution in [3.05, 3.63) is 82.9 Å². The molecule has 0 N–H and O–H groups in total. The Labute approximate surface area is 393 Å². The average molecular weight is 863 g/mol. The monoisotopic (exact) mass is 863 g/mol. The van der Waals surface area contributed by atoms with Crippen molar-refractivity contribution in [1.29, 1.82) is 0 Å². The van der Waals surface area contributed by atoms with Crippen LogP contribution < -0.4 is 0 Å². The van der Waals surface area contributed by atoms with E-state index in [2.05, 4.69) is 88.4 Å². The highest BCUT2D eigenvalue weighted by Crippen LogP contribution is 2.48. The lowest BCUT2D eigenvalue weighted by molar-refractivity contribution is 0.575. The minimum atomic E-state index is 1.19. The Morgan fingerprint density at radius 2 is 0.484 bits per heavy atom. The Morgan fingerprint density at radius 3 is 0.797 bits per heavy atom. The molecule has 0 aliphatic heterocycles. The van der Waals surface area contributed by atoms with Gasteiger partial charge in [0.2, 0.25) is 0 Å². The van der Waals surface area contributed by atoms with Crippen LogP contribution in [0, 0.1) is 0 Å². The Kier molecular flexibility index (Phi) is 22.6. The van der Waals surface area contributed by atoms with Crippen molar-refractivity contribution in [2.75, 3.05) is 0 Å². The van der Waals surface area contributed by atoms with Gasteiger partial charge in [0.25, 0.3) is 0 Å². The van der Waals surface area contributed by atoms with Gasteiger partial charge in [0, 0.05) is 0 Å². The highest BCUT2D eigenvalue weighted by molar-refractivity contribution is 6.40. The fraction of sp³-hybridized carbons (Fsp3) is 0.625. The lowest BCUT2D eigenvalue weighted by Crippen LogP contribution is -1.98. The Balaban J connectivity index is 1.37.